The lowest BCUT2D eigenvalue weighted by Crippen LogP contribution is -2.49. The molecule has 1 heterocycles. The van der Waals surface area contributed by atoms with Crippen LogP contribution in [-0.4, -0.2) is 46.5 Å². The zero-order valence-electron chi connectivity index (χ0n) is 16.5. The Morgan fingerprint density at radius 3 is 2.63 bits per heavy atom. The molecule has 6 nitrogen and oxygen atoms in total. The summed E-state index contributed by atoms with van der Waals surface area (Å²) >= 11 is 0. The molecule has 3 fully saturated rings. The van der Waals surface area contributed by atoms with Gasteiger partial charge >= 0.3 is 11.9 Å². The van der Waals surface area contributed by atoms with E-state index in [4.69, 9.17) is 9.47 Å². The summed E-state index contributed by atoms with van der Waals surface area (Å²) in [6.07, 6.45) is 7.13. The van der Waals surface area contributed by atoms with E-state index in [0.717, 1.165) is 25.7 Å². The second-order valence-corrected chi connectivity index (χ2v) is 9.05. The predicted octanol–water partition coefficient (Wildman–Crippen LogP) is 2.46. The fourth-order valence-corrected chi connectivity index (χ4v) is 5.99. The molecule has 0 radical (unpaired) electrons. The van der Waals surface area contributed by atoms with E-state index >= 15 is 0 Å². The largest absolute Gasteiger partial charge is 0.460 e. The molecule has 2 saturated carbocycles. The second-order valence-electron chi connectivity index (χ2n) is 9.05. The number of carbonyl (C=O) groups excluding carboxylic acids is 3. The number of nitrogens with zero attached hydrogens (tertiary/aromatic N) is 1. The van der Waals surface area contributed by atoms with Crippen LogP contribution in [0.5, 0.6) is 0 Å². The van der Waals surface area contributed by atoms with Crippen molar-refractivity contribution in [2.24, 2.45) is 23.7 Å². The highest BCUT2D eigenvalue weighted by Gasteiger charge is 2.71. The topological polar surface area (TPSA) is 72.9 Å². The van der Waals surface area contributed by atoms with Crippen LogP contribution < -0.4 is 0 Å². The summed E-state index contributed by atoms with van der Waals surface area (Å²) < 4.78 is 11.6. The molecular weight excluding hydrogens is 346 g/mol. The first-order valence-corrected chi connectivity index (χ1v) is 10.1. The Balaban J connectivity index is 1.63. The summed E-state index contributed by atoms with van der Waals surface area (Å²) in [5, 5.41) is 0. The van der Waals surface area contributed by atoms with Crippen molar-refractivity contribution in [1.29, 1.82) is 0 Å². The molecule has 1 saturated heterocycles. The number of hydrogen-bond acceptors (Lipinski definition) is 5. The lowest BCUT2D eigenvalue weighted by Gasteiger charge is -2.36. The van der Waals surface area contributed by atoms with Crippen LogP contribution in [0.4, 0.5) is 0 Å². The maximum Gasteiger partial charge on any atom is 0.311 e. The maximum absolute atomic E-state index is 13.2. The van der Waals surface area contributed by atoms with E-state index in [1.165, 1.54) is 6.92 Å². The van der Waals surface area contributed by atoms with Gasteiger partial charge in [-0.05, 0) is 58.4 Å². The minimum absolute atomic E-state index is 0.0142. The minimum atomic E-state index is -0.604. The van der Waals surface area contributed by atoms with Crippen LogP contribution in [-0.2, 0) is 23.9 Å². The van der Waals surface area contributed by atoms with Gasteiger partial charge in [0.05, 0.1) is 17.9 Å². The Bertz CT molecular complexity index is 701. The van der Waals surface area contributed by atoms with Crippen LogP contribution in [0, 0.1) is 23.7 Å². The number of ether oxygens (including phenoxy) is 2. The molecule has 0 aromatic carbocycles. The quantitative estimate of drug-likeness (QED) is 0.557. The molecule has 3 aliphatic carbocycles. The molecule has 7 atom stereocenters. The van der Waals surface area contributed by atoms with Crippen molar-refractivity contribution in [3.8, 4) is 0 Å². The minimum Gasteiger partial charge on any atom is -0.460 e. The van der Waals surface area contributed by atoms with Crippen molar-refractivity contribution in [3.05, 3.63) is 12.2 Å². The van der Waals surface area contributed by atoms with Gasteiger partial charge in [-0.15, -0.1) is 0 Å². The van der Waals surface area contributed by atoms with E-state index in [9.17, 15) is 14.4 Å². The van der Waals surface area contributed by atoms with Crippen molar-refractivity contribution < 1.29 is 23.9 Å². The van der Waals surface area contributed by atoms with Gasteiger partial charge in [0.15, 0.2) is 0 Å². The highest BCUT2D eigenvalue weighted by atomic mass is 16.6. The predicted molar refractivity (Wildman–Crippen MR) is 97.4 cm³/mol. The Labute approximate surface area is 160 Å². The van der Waals surface area contributed by atoms with E-state index in [-0.39, 0.29) is 47.7 Å². The van der Waals surface area contributed by atoms with Crippen molar-refractivity contribution >= 4 is 17.8 Å². The molecule has 2 bridgehead atoms. The second kappa shape index (κ2) is 6.35. The number of allylic oxidation sites excluding steroid dienone is 1. The van der Waals surface area contributed by atoms with Crippen molar-refractivity contribution in [3.63, 3.8) is 0 Å². The van der Waals surface area contributed by atoms with Crippen LogP contribution in [0.3, 0.4) is 0 Å². The number of carbonyl (C=O) groups is 3. The molecule has 6 heteroatoms. The molecule has 1 amide bonds. The summed E-state index contributed by atoms with van der Waals surface area (Å²) in [7, 11) is 0. The first-order valence-electron chi connectivity index (χ1n) is 10.1. The SMILES string of the molecule is CC(=O)OC1C2CC3C(C(=O)N(C(C)C)C31)C2C(=O)OC1(C)C=CCCC1. The van der Waals surface area contributed by atoms with Gasteiger partial charge in [0.2, 0.25) is 5.91 Å². The van der Waals surface area contributed by atoms with Crippen LogP contribution in [0.2, 0.25) is 0 Å². The first-order chi connectivity index (χ1) is 12.7. The van der Waals surface area contributed by atoms with Gasteiger partial charge < -0.3 is 14.4 Å². The molecular formula is C21H29NO5. The summed E-state index contributed by atoms with van der Waals surface area (Å²) in [6.45, 7) is 7.27. The Morgan fingerprint density at radius 1 is 1.30 bits per heavy atom. The normalized spacial score (nSPS) is 42.1. The van der Waals surface area contributed by atoms with Gasteiger partial charge in [-0.1, -0.05) is 6.08 Å². The fourth-order valence-electron chi connectivity index (χ4n) is 5.99. The molecule has 0 N–H and O–H groups in total. The van der Waals surface area contributed by atoms with Crippen molar-refractivity contribution in [2.45, 2.75) is 77.2 Å². The third-order valence-electron chi connectivity index (χ3n) is 6.89. The monoisotopic (exact) mass is 375 g/mol. The molecule has 4 rings (SSSR count). The molecule has 0 spiro atoms. The van der Waals surface area contributed by atoms with E-state index in [0.29, 0.717) is 0 Å². The highest BCUT2D eigenvalue weighted by molar-refractivity contribution is 5.90. The molecule has 1 aliphatic heterocycles. The number of amides is 1. The zero-order chi connectivity index (χ0) is 19.5. The first kappa shape index (κ1) is 18.5. The lowest BCUT2D eigenvalue weighted by molar-refractivity contribution is -0.170. The average Bonchev–Trinajstić information content (AvgIpc) is 3.17. The van der Waals surface area contributed by atoms with Crippen molar-refractivity contribution in [1.82, 2.24) is 4.90 Å². The number of fused-ring (bicyclic) bond motifs is 1. The lowest BCUT2D eigenvalue weighted by atomic mass is 9.78. The van der Waals surface area contributed by atoms with Gasteiger partial charge in [-0.25, -0.2) is 0 Å². The molecule has 7 unspecified atom stereocenters. The Morgan fingerprint density at radius 2 is 2.04 bits per heavy atom. The van der Waals surface area contributed by atoms with E-state index in [1.54, 1.807) is 0 Å². The highest BCUT2D eigenvalue weighted by Crippen LogP contribution is 2.60. The van der Waals surface area contributed by atoms with Gasteiger partial charge in [0.25, 0.3) is 0 Å². The number of hydrogen-bond donors (Lipinski definition) is 0. The Kier molecular flexibility index (Phi) is 4.35. The van der Waals surface area contributed by atoms with Gasteiger partial charge in [0, 0.05) is 18.9 Å². The van der Waals surface area contributed by atoms with Gasteiger partial charge in [-0.2, -0.15) is 0 Å². The zero-order valence-corrected chi connectivity index (χ0v) is 16.5. The van der Waals surface area contributed by atoms with E-state index in [1.807, 2.05) is 31.7 Å². The number of likely N-dealkylation sites (tertiary alicyclic amines) is 1. The molecule has 148 valence electrons. The summed E-state index contributed by atoms with van der Waals surface area (Å²) in [6, 6.07) is -0.0917. The number of esters is 2. The molecule has 27 heavy (non-hydrogen) atoms. The van der Waals surface area contributed by atoms with Gasteiger partial charge in [-0.3, -0.25) is 14.4 Å². The van der Waals surface area contributed by atoms with Gasteiger partial charge in [0.1, 0.15) is 11.7 Å². The van der Waals surface area contributed by atoms with Crippen LogP contribution >= 0.6 is 0 Å². The molecule has 0 aromatic heterocycles. The van der Waals surface area contributed by atoms with E-state index < -0.39 is 17.6 Å². The smallest absolute Gasteiger partial charge is 0.311 e. The fraction of sp³-hybridized carbons (Fsp3) is 0.762. The van der Waals surface area contributed by atoms with Crippen LogP contribution in [0.25, 0.3) is 0 Å². The van der Waals surface area contributed by atoms with Crippen molar-refractivity contribution in [2.75, 3.05) is 0 Å². The third kappa shape index (κ3) is 2.79. The summed E-state index contributed by atoms with van der Waals surface area (Å²) in [5.41, 5.74) is -0.604. The average molecular weight is 375 g/mol. The summed E-state index contributed by atoms with van der Waals surface area (Å²) in [4.78, 5) is 39.9. The molecule has 4 aliphatic rings. The third-order valence-corrected chi connectivity index (χ3v) is 6.89. The summed E-state index contributed by atoms with van der Waals surface area (Å²) in [5.74, 6) is -1.57. The molecule has 0 aromatic rings. The maximum atomic E-state index is 13.2. The number of rotatable bonds is 4. The Hall–Kier alpha value is -1.85. The van der Waals surface area contributed by atoms with E-state index in [2.05, 4.69) is 6.08 Å². The standard InChI is InChI=1S/C21H29NO5/c1-11(2)22-17-13-10-14(18(17)26-12(3)23)16(15(13)19(22)24)20(25)27-21(4)8-6-5-7-9-21/h6,8,11,13-18H,5,7,9-10H2,1-4H3. The van der Waals surface area contributed by atoms with Crippen LogP contribution in [0.15, 0.2) is 12.2 Å². The van der Waals surface area contributed by atoms with Crippen LogP contribution in [0.1, 0.15) is 53.4 Å².